The van der Waals surface area contributed by atoms with Gasteiger partial charge in [-0.25, -0.2) is 8.42 Å². The zero-order chi connectivity index (χ0) is 23.2. The van der Waals surface area contributed by atoms with Crippen molar-refractivity contribution < 1.29 is 33.0 Å². The van der Waals surface area contributed by atoms with Gasteiger partial charge in [-0.2, -0.15) is 0 Å². The topological polar surface area (TPSA) is 152 Å². The van der Waals surface area contributed by atoms with Gasteiger partial charge in [0.05, 0.1) is 16.5 Å². The van der Waals surface area contributed by atoms with Crippen LogP contribution in [0.15, 0.2) is 52.2 Å². The molecule has 0 bridgehead atoms. The summed E-state index contributed by atoms with van der Waals surface area (Å²) in [6, 6.07) is 9.91. The summed E-state index contributed by atoms with van der Waals surface area (Å²) in [5, 5.41) is 21.8. The minimum absolute atomic E-state index is 0.0190. The maximum absolute atomic E-state index is 13.4. The Morgan fingerprint density at radius 2 is 1.88 bits per heavy atom. The Kier molecular flexibility index (Phi) is 5.13. The van der Waals surface area contributed by atoms with Crippen molar-refractivity contribution in [3.63, 3.8) is 0 Å². The molecule has 0 saturated heterocycles. The van der Waals surface area contributed by atoms with E-state index in [0.29, 0.717) is 11.3 Å². The first kappa shape index (κ1) is 21.4. The highest BCUT2D eigenvalue weighted by molar-refractivity contribution is 7.90. The van der Waals surface area contributed by atoms with E-state index in [9.17, 15) is 27.9 Å². The van der Waals surface area contributed by atoms with Crippen molar-refractivity contribution in [1.82, 2.24) is 9.88 Å². The predicted octanol–water partition coefficient (Wildman–Crippen LogP) is 0.907. The zero-order valence-corrected chi connectivity index (χ0v) is 17.5. The number of pyridine rings is 1. The lowest BCUT2D eigenvalue weighted by atomic mass is 10.0. The first-order valence-electron chi connectivity index (χ1n) is 9.42. The third-order valence-corrected chi connectivity index (χ3v) is 6.32. The maximum Gasteiger partial charge on any atom is 0.322 e. The van der Waals surface area contributed by atoms with Gasteiger partial charge in [0, 0.05) is 11.6 Å². The molecule has 1 amide bonds. The summed E-state index contributed by atoms with van der Waals surface area (Å²) in [7, 11) is -3.42. The van der Waals surface area contributed by atoms with Crippen LogP contribution in [0.2, 0.25) is 0 Å². The lowest BCUT2D eigenvalue weighted by Crippen LogP contribution is -2.39. The number of aromatic hydroxyl groups is 1. The number of sulfone groups is 1. The number of amides is 1. The SMILES string of the molecule is CS(=O)(=O)c1ccc(C2COc3cccc4c(O)c(C(=O)NCC(=O)O)c(=O)n2c34)cc1. The van der Waals surface area contributed by atoms with Gasteiger partial charge in [0.15, 0.2) is 9.84 Å². The smallest absolute Gasteiger partial charge is 0.322 e. The van der Waals surface area contributed by atoms with Gasteiger partial charge in [-0.3, -0.25) is 19.0 Å². The molecule has 2 aromatic carbocycles. The normalized spacial score (nSPS) is 15.2. The van der Waals surface area contributed by atoms with Crippen molar-refractivity contribution in [2.45, 2.75) is 10.9 Å². The number of carbonyl (C=O) groups excluding carboxylic acids is 1. The van der Waals surface area contributed by atoms with Crippen LogP contribution in [0, 0.1) is 0 Å². The van der Waals surface area contributed by atoms with Crippen molar-refractivity contribution in [2.24, 2.45) is 0 Å². The number of rotatable bonds is 5. The molecule has 0 aliphatic carbocycles. The summed E-state index contributed by atoms with van der Waals surface area (Å²) >= 11 is 0. The number of aliphatic carboxylic acids is 1. The van der Waals surface area contributed by atoms with E-state index in [1.54, 1.807) is 24.3 Å². The molecule has 3 N–H and O–H groups in total. The monoisotopic (exact) mass is 458 g/mol. The molecule has 2 heterocycles. The average Bonchev–Trinajstić information content (AvgIpc) is 2.75. The molecular formula is C21H18N2O8S. The maximum atomic E-state index is 13.4. The van der Waals surface area contributed by atoms with Gasteiger partial charge >= 0.3 is 5.97 Å². The number of hydrogen-bond acceptors (Lipinski definition) is 7. The fourth-order valence-corrected chi connectivity index (χ4v) is 4.34. The molecule has 0 radical (unpaired) electrons. The van der Waals surface area contributed by atoms with Crippen LogP contribution < -0.4 is 15.6 Å². The minimum Gasteiger partial charge on any atom is -0.506 e. The van der Waals surface area contributed by atoms with E-state index in [1.165, 1.54) is 22.8 Å². The number of nitrogens with one attached hydrogen (secondary N) is 1. The highest BCUT2D eigenvalue weighted by atomic mass is 32.2. The summed E-state index contributed by atoms with van der Waals surface area (Å²) in [5.41, 5.74) is -0.590. The van der Waals surface area contributed by atoms with Gasteiger partial charge in [-0.15, -0.1) is 0 Å². The molecule has 0 saturated carbocycles. The van der Waals surface area contributed by atoms with Crippen LogP contribution in [0.1, 0.15) is 22.0 Å². The molecule has 1 aromatic heterocycles. The minimum atomic E-state index is -3.42. The molecule has 3 aromatic rings. The number of nitrogens with zero attached hydrogens (tertiary/aromatic N) is 1. The summed E-state index contributed by atoms with van der Waals surface area (Å²) in [6.45, 7) is -0.708. The highest BCUT2D eigenvalue weighted by Crippen LogP contribution is 2.38. The number of aromatic nitrogens is 1. The predicted molar refractivity (Wildman–Crippen MR) is 113 cm³/mol. The molecule has 0 fully saturated rings. The van der Waals surface area contributed by atoms with Gasteiger partial charge in [-0.1, -0.05) is 18.2 Å². The van der Waals surface area contributed by atoms with Crippen molar-refractivity contribution in [1.29, 1.82) is 0 Å². The quantitative estimate of drug-likeness (QED) is 0.510. The van der Waals surface area contributed by atoms with Crippen LogP contribution in [0.3, 0.4) is 0 Å². The Balaban J connectivity index is 1.93. The number of carbonyl (C=O) groups is 2. The largest absolute Gasteiger partial charge is 0.506 e. The first-order chi connectivity index (χ1) is 15.1. The second-order valence-corrected chi connectivity index (χ2v) is 9.31. The molecule has 11 heteroatoms. The van der Waals surface area contributed by atoms with Crippen molar-refractivity contribution in [3.8, 4) is 11.5 Å². The van der Waals surface area contributed by atoms with E-state index in [4.69, 9.17) is 9.84 Å². The zero-order valence-electron chi connectivity index (χ0n) is 16.7. The summed E-state index contributed by atoms with van der Waals surface area (Å²) in [4.78, 5) is 36.8. The average molecular weight is 458 g/mol. The number of para-hydroxylation sites is 1. The molecule has 1 atom stereocenters. The molecule has 32 heavy (non-hydrogen) atoms. The van der Waals surface area contributed by atoms with Crippen LogP contribution in [-0.4, -0.2) is 54.5 Å². The Morgan fingerprint density at radius 3 is 2.50 bits per heavy atom. The van der Waals surface area contributed by atoms with Crippen LogP contribution in [0.4, 0.5) is 0 Å². The standard InChI is InChI=1S/C21H18N2O8S/c1-32(29,30)12-7-5-11(6-8-12)14-10-31-15-4-2-3-13-18(15)23(14)21(28)17(19(13)26)20(27)22-9-16(24)25/h2-8,14,26H,9-10H2,1H3,(H,22,27)(H,24,25). The number of carboxylic acids is 1. The Bertz CT molecular complexity index is 1420. The summed E-state index contributed by atoms with van der Waals surface area (Å²) < 4.78 is 30.6. The van der Waals surface area contributed by atoms with E-state index in [2.05, 4.69) is 5.32 Å². The van der Waals surface area contributed by atoms with Gasteiger partial charge in [0.25, 0.3) is 11.5 Å². The molecule has 0 spiro atoms. The summed E-state index contributed by atoms with van der Waals surface area (Å²) in [6.07, 6.45) is 1.08. The fraction of sp³-hybridized carbons (Fsp3) is 0.190. The highest BCUT2D eigenvalue weighted by Gasteiger charge is 2.31. The van der Waals surface area contributed by atoms with Crippen LogP contribution in [-0.2, 0) is 14.6 Å². The third kappa shape index (κ3) is 3.56. The third-order valence-electron chi connectivity index (χ3n) is 5.19. The van der Waals surface area contributed by atoms with E-state index in [-0.39, 0.29) is 22.4 Å². The van der Waals surface area contributed by atoms with E-state index < -0.39 is 51.2 Å². The number of benzene rings is 2. The Labute approximate surface area is 181 Å². The molecule has 10 nitrogen and oxygen atoms in total. The second-order valence-electron chi connectivity index (χ2n) is 7.30. The van der Waals surface area contributed by atoms with Gasteiger partial charge in [0.2, 0.25) is 0 Å². The van der Waals surface area contributed by atoms with Crippen molar-refractivity contribution >= 4 is 32.6 Å². The van der Waals surface area contributed by atoms with Crippen molar-refractivity contribution in [3.05, 3.63) is 63.9 Å². The molecular weight excluding hydrogens is 440 g/mol. The first-order valence-corrected chi connectivity index (χ1v) is 11.3. The number of ether oxygens (including phenoxy) is 1. The molecule has 166 valence electrons. The second kappa shape index (κ2) is 7.68. The van der Waals surface area contributed by atoms with Gasteiger partial charge in [-0.05, 0) is 29.8 Å². The van der Waals surface area contributed by atoms with Crippen molar-refractivity contribution in [2.75, 3.05) is 19.4 Å². The van der Waals surface area contributed by atoms with Crippen LogP contribution >= 0.6 is 0 Å². The summed E-state index contributed by atoms with van der Waals surface area (Å²) in [5.74, 6) is -2.58. The Morgan fingerprint density at radius 1 is 1.19 bits per heavy atom. The molecule has 4 rings (SSSR count). The van der Waals surface area contributed by atoms with Gasteiger partial charge < -0.3 is 20.3 Å². The van der Waals surface area contributed by atoms with E-state index in [1.807, 2.05) is 0 Å². The lowest BCUT2D eigenvalue weighted by Gasteiger charge is -2.29. The number of carboxylic acid groups (broad SMARTS) is 1. The lowest BCUT2D eigenvalue weighted by molar-refractivity contribution is -0.135. The number of hydrogen-bond donors (Lipinski definition) is 3. The fourth-order valence-electron chi connectivity index (χ4n) is 3.71. The Hall–Kier alpha value is -3.86. The van der Waals surface area contributed by atoms with Crippen LogP contribution in [0.25, 0.3) is 10.9 Å². The van der Waals surface area contributed by atoms with E-state index in [0.717, 1.165) is 6.26 Å². The van der Waals surface area contributed by atoms with Crippen LogP contribution in [0.5, 0.6) is 11.5 Å². The van der Waals surface area contributed by atoms with Gasteiger partial charge in [0.1, 0.15) is 30.2 Å². The van der Waals surface area contributed by atoms with E-state index >= 15 is 0 Å². The molecule has 1 aliphatic heterocycles. The molecule has 1 aliphatic rings. The molecule has 1 unspecified atom stereocenters.